The van der Waals surface area contributed by atoms with Crippen LogP contribution in [0.25, 0.3) is 0 Å². The number of rotatable bonds is 5. The average molecular weight is 339 g/mol. The number of aliphatic carboxylic acids is 1. The predicted octanol–water partition coefficient (Wildman–Crippen LogP) is 4.68. The van der Waals surface area contributed by atoms with Crippen LogP contribution in [0.4, 0.5) is 0 Å². The van der Waals surface area contributed by atoms with E-state index < -0.39 is 12.1 Å². The molecule has 1 atom stereocenters. The third kappa shape index (κ3) is 4.15. The lowest BCUT2D eigenvalue weighted by molar-refractivity contribution is -0.145. The third-order valence-electron chi connectivity index (χ3n) is 3.39. The van der Waals surface area contributed by atoms with Crippen LogP contribution in [-0.4, -0.2) is 17.2 Å². The Labute approximate surface area is 139 Å². The van der Waals surface area contributed by atoms with Crippen molar-refractivity contribution < 1.29 is 14.6 Å². The Morgan fingerprint density at radius 3 is 2.45 bits per heavy atom. The molecule has 0 bridgehead atoms. The predicted molar refractivity (Wildman–Crippen MR) is 88.1 cm³/mol. The van der Waals surface area contributed by atoms with Crippen molar-refractivity contribution in [1.29, 1.82) is 0 Å². The number of ether oxygens (including phenoxy) is 1. The number of carboxylic acids is 1. The molecule has 2 rings (SSSR count). The topological polar surface area (TPSA) is 46.5 Å². The van der Waals surface area contributed by atoms with Crippen LogP contribution in [0.1, 0.15) is 16.7 Å². The van der Waals surface area contributed by atoms with E-state index in [1.807, 2.05) is 26.0 Å². The highest BCUT2D eigenvalue weighted by Gasteiger charge is 2.21. The first-order valence-corrected chi connectivity index (χ1v) is 7.53. The molecule has 1 N–H and O–H groups in total. The van der Waals surface area contributed by atoms with Crippen molar-refractivity contribution in [3.63, 3.8) is 0 Å². The maximum atomic E-state index is 11.5. The van der Waals surface area contributed by atoms with Crippen LogP contribution in [0.15, 0.2) is 36.4 Å². The van der Waals surface area contributed by atoms with Crippen molar-refractivity contribution >= 4 is 29.2 Å². The van der Waals surface area contributed by atoms with Gasteiger partial charge in [0, 0.05) is 16.5 Å². The normalized spacial score (nSPS) is 12.0. The summed E-state index contributed by atoms with van der Waals surface area (Å²) in [5.41, 5.74) is 2.67. The Balaban J connectivity index is 2.19. The first-order valence-electron chi connectivity index (χ1n) is 6.77. The van der Waals surface area contributed by atoms with E-state index in [4.69, 9.17) is 27.9 Å². The molecule has 2 aromatic carbocycles. The van der Waals surface area contributed by atoms with Crippen LogP contribution in [0.3, 0.4) is 0 Å². The second-order valence-electron chi connectivity index (χ2n) is 5.13. The van der Waals surface area contributed by atoms with E-state index in [9.17, 15) is 9.90 Å². The first-order chi connectivity index (χ1) is 10.4. The number of aryl methyl sites for hydroxylation is 2. The minimum Gasteiger partial charge on any atom is -0.478 e. The van der Waals surface area contributed by atoms with Gasteiger partial charge in [0.05, 0.1) is 0 Å². The fourth-order valence-electron chi connectivity index (χ4n) is 2.12. The number of carbonyl (C=O) groups is 1. The summed E-state index contributed by atoms with van der Waals surface area (Å²) >= 11 is 11.9. The van der Waals surface area contributed by atoms with E-state index in [1.165, 1.54) is 0 Å². The molecule has 22 heavy (non-hydrogen) atoms. The van der Waals surface area contributed by atoms with Crippen LogP contribution in [0, 0.1) is 13.8 Å². The van der Waals surface area contributed by atoms with Gasteiger partial charge in [-0.15, -0.1) is 0 Å². The number of benzene rings is 2. The molecule has 0 aromatic heterocycles. The van der Waals surface area contributed by atoms with Gasteiger partial charge in [-0.3, -0.25) is 0 Å². The lowest BCUT2D eigenvalue weighted by Crippen LogP contribution is -2.29. The Hall–Kier alpha value is -1.71. The van der Waals surface area contributed by atoms with E-state index in [0.29, 0.717) is 15.8 Å². The van der Waals surface area contributed by atoms with E-state index in [0.717, 1.165) is 16.7 Å². The Morgan fingerprint density at radius 1 is 1.14 bits per heavy atom. The molecule has 0 saturated carbocycles. The molecule has 0 fully saturated rings. The fourth-order valence-corrected chi connectivity index (χ4v) is 2.47. The van der Waals surface area contributed by atoms with Crippen LogP contribution >= 0.6 is 23.2 Å². The molecular formula is C17H16Cl2O3. The van der Waals surface area contributed by atoms with Crippen LogP contribution in [-0.2, 0) is 11.2 Å². The number of halogens is 2. The molecular weight excluding hydrogens is 323 g/mol. The molecule has 0 spiro atoms. The van der Waals surface area contributed by atoms with E-state index >= 15 is 0 Å². The van der Waals surface area contributed by atoms with Crippen molar-refractivity contribution in [3.05, 3.63) is 63.1 Å². The summed E-state index contributed by atoms with van der Waals surface area (Å²) in [4.78, 5) is 11.5. The monoisotopic (exact) mass is 338 g/mol. The average Bonchev–Trinajstić information content (AvgIpc) is 2.44. The molecule has 0 aliphatic rings. The lowest BCUT2D eigenvalue weighted by atomic mass is 10.0. The number of hydrogen-bond donors (Lipinski definition) is 1. The second kappa shape index (κ2) is 7.03. The fraction of sp³-hybridized carbons (Fsp3) is 0.235. The molecule has 0 aliphatic heterocycles. The zero-order chi connectivity index (χ0) is 16.3. The van der Waals surface area contributed by atoms with Crippen LogP contribution in [0.5, 0.6) is 5.75 Å². The van der Waals surface area contributed by atoms with E-state index in [2.05, 4.69) is 0 Å². The molecule has 5 heteroatoms. The molecule has 0 saturated heterocycles. The van der Waals surface area contributed by atoms with Crippen LogP contribution < -0.4 is 4.74 Å². The first kappa shape index (κ1) is 16.7. The molecule has 2 aromatic rings. The minimum atomic E-state index is -1.01. The Kier molecular flexibility index (Phi) is 5.33. The van der Waals surface area contributed by atoms with Crippen molar-refractivity contribution in [2.45, 2.75) is 26.4 Å². The van der Waals surface area contributed by atoms with Crippen molar-refractivity contribution in [3.8, 4) is 5.75 Å². The minimum absolute atomic E-state index is 0.264. The van der Waals surface area contributed by atoms with Gasteiger partial charge in [0.2, 0.25) is 0 Å². The molecule has 0 heterocycles. The SMILES string of the molecule is Cc1cc(O[C@H](Cc2ccc(Cl)cc2C)C(=O)O)ccc1Cl. The van der Waals surface area contributed by atoms with Crippen molar-refractivity contribution in [2.24, 2.45) is 0 Å². The second-order valence-corrected chi connectivity index (χ2v) is 5.97. The molecule has 3 nitrogen and oxygen atoms in total. The standard InChI is InChI=1S/C17H16Cl2O3/c1-10-7-13(18)4-3-12(10)9-16(17(20)21)22-14-5-6-15(19)11(2)8-14/h3-8,16H,9H2,1-2H3,(H,20,21)/t16-/m1/s1. The summed E-state index contributed by atoms with van der Waals surface area (Å²) in [5, 5.41) is 10.6. The lowest BCUT2D eigenvalue weighted by Gasteiger charge is -2.17. The highest BCUT2D eigenvalue weighted by Crippen LogP contribution is 2.23. The quantitative estimate of drug-likeness (QED) is 0.860. The molecule has 116 valence electrons. The van der Waals surface area contributed by atoms with Gasteiger partial charge in [0.15, 0.2) is 6.10 Å². The van der Waals surface area contributed by atoms with Crippen LogP contribution in [0.2, 0.25) is 10.0 Å². The zero-order valence-electron chi connectivity index (χ0n) is 12.3. The van der Waals surface area contributed by atoms with Gasteiger partial charge < -0.3 is 9.84 Å². The summed E-state index contributed by atoms with van der Waals surface area (Å²) in [6, 6.07) is 10.5. The largest absolute Gasteiger partial charge is 0.478 e. The maximum absolute atomic E-state index is 11.5. The van der Waals surface area contributed by atoms with Gasteiger partial charge in [-0.2, -0.15) is 0 Å². The van der Waals surface area contributed by atoms with Gasteiger partial charge in [-0.25, -0.2) is 4.79 Å². The maximum Gasteiger partial charge on any atom is 0.345 e. The molecule has 0 amide bonds. The van der Waals surface area contributed by atoms with Gasteiger partial charge in [-0.1, -0.05) is 29.3 Å². The Bertz CT molecular complexity index is 698. The van der Waals surface area contributed by atoms with Gasteiger partial charge in [0.1, 0.15) is 5.75 Å². The summed E-state index contributed by atoms with van der Waals surface area (Å²) < 4.78 is 5.61. The van der Waals surface area contributed by atoms with E-state index in [-0.39, 0.29) is 6.42 Å². The highest BCUT2D eigenvalue weighted by molar-refractivity contribution is 6.31. The zero-order valence-corrected chi connectivity index (χ0v) is 13.8. The summed E-state index contributed by atoms with van der Waals surface area (Å²) in [6.45, 7) is 3.74. The van der Waals surface area contributed by atoms with Gasteiger partial charge >= 0.3 is 5.97 Å². The molecule has 0 aliphatic carbocycles. The Morgan fingerprint density at radius 2 is 1.86 bits per heavy atom. The summed E-state index contributed by atoms with van der Waals surface area (Å²) in [6.07, 6.45) is -0.708. The summed E-state index contributed by atoms with van der Waals surface area (Å²) in [5.74, 6) is -0.525. The van der Waals surface area contributed by atoms with Gasteiger partial charge in [0.25, 0.3) is 0 Å². The third-order valence-corrected chi connectivity index (χ3v) is 4.05. The summed E-state index contributed by atoms with van der Waals surface area (Å²) in [7, 11) is 0. The highest BCUT2D eigenvalue weighted by atomic mass is 35.5. The number of carboxylic acid groups (broad SMARTS) is 1. The molecule has 0 unspecified atom stereocenters. The smallest absolute Gasteiger partial charge is 0.345 e. The van der Waals surface area contributed by atoms with Gasteiger partial charge in [-0.05, 0) is 60.9 Å². The van der Waals surface area contributed by atoms with Crippen molar-refractivity contribution in [2.75, 3.05) is 0 Å². The van der Waals surface area contributed by atoms with E-state index in [1.54, 1.807) is 24.3 Å². The number of hydrogen-bond acceptors (Lipinski definition) is 2. The van der Waals surface area contributed by atoms with Crippen molar-refractivity contribution in [1.82, 2.24) is 0 Å². The molecule has 0 radical (unpaired) electrons.